The molecule has 0 spiro atoms. The molecule has 0 aliphatic carbocycles. The van der Waals surface area contributed by atoms with Gasteiger partial charge in [0.2, 0.25) is 5.91 Å². The van der Waals surface area contributed by atoms with Gasteiger partial charge in [0, 0.05) is 29.9 Å². The summed E-state index contributed by atoms with van der Waals surface area (Å²) in [6.07, 6.45) is 5.42. The number of anilines is 1. The molecule has 27 heavy (non-hydrogen) atoms. The van der Waals surface area contributed by atoms with Crippen molar-refractivity contribution in [3.63, 3.8) is 0 Å². The van der Waals surface area contributed by atoms with Crippen LogP contribution in [-0.2, 0) is 11.2 Å². The number of benzene rings is 1. The molecule has 3 aromatic rings. The number of rotatable bonds is 5. The number of carbonyl (C=O) groups excluding carboxylic acids is 1. The molecule has 0 unspecified atom stereocenters. The second-order valence-electron chi connectivity index (χ2n) is 6.69. The van der Waals surface area contributed by atoms with Crippen LogP contribution in [0.1, 0.15) is 27.9 Å². The van der Waals surface area contributed by atoms with E-state index in [4.69, 9.17) is 5.73 Å². The Morgan fingerprint density at radius 3 is 2.81 bits per heavy atom. The van der Waals surface area contributed by atoms with Crippen LogP contribution in [0, 0.1) is 26.6 Å². The Hall–Kier alpha value is -3.15. The lowest BCUT2D eigenvalue weighted by Crippen LogP contribution is -2.23. The fourth-order valence-corrected chi connectivity index (χ4v) is 3.20. The first-order chi connectivity index (χ1) is 12.9. The molecular formula is C21H23FN4O. The van der Waals surface area contributed by atoms with Gasteiger partial charge in [-0.05, 0) is 67.7 Å². The van der Waals surface area contributed by atoms with Gasteiger partial charge in [-0.1, -0.05) is 6.07 Å². The predicted octanol–water partition coefficient (Wildman–Crippen LogP) is 3.58. The van der Waals surface area contributed by atoms with Crippen LogP contribution in [0.25, 0.3) is 17.0 Å². The molecule has 0 saturated carbocycles. The molecule has 0 bridgehead atoms. The fourth-order valence-electron chi connectivity index (χ4n) is 3.20. The van der Waals surface area contributed by atoms with E-state index in [9.17, 15) is 9.18 Å². The van der Waals surface area contributed by atoms with Gasteiger partial charge in [-0.25, -0.2) is 9.37 Å². The molecule has 140 valence electrons. The van der Waals surface area contributed by atoms with Gasteiger partial charge < -0.3 is 16.0 Å². The highest BCUT2D eigenvalue weighted by Gasteiger charge is 2.13. The zero-order valence-corrected chi connectivity index (χ0v) is 15.7. The lowest BCUT2D eigenvalue weighted by atomic mass is 10.0. The normalized spacial score (nSPS) is 11.4. The molecule has 0 radical (unpaired) electrons. The second-order valence-corrected chi connectivity index (χ2v) is 6.69. The standard InChI is InChI=1S/C21H23FN4O/c1-12-4-6-17(22)20-19(12)16(14(3)26-20)8-9-24-18(27)7-5-15-10-13(2)21(23)25-11-15/h4-7,10-11,26H,8-9H2,1-3H3,(H2,23,25)(H,24,27)/b7-5+. The lowest BCUT2D eigenvalue weighted by Gasteiger charge is -2.05. The first kappa shape index (κ1) is 18.6. The molecule has 4 N–H and O–H groups in total. The third kappa shape index (κ3) is 4.00. The highest BCUT2D eigenvalue weighted by molar-refractivity contribution is 5.92. The van der Waals surface area contributed by atoms with E-state index in [1.165, 1.54) is 12.1 Å². The number of halogens is 1. The summed E-state index contributed by atoms with van der Waals surface area (Å²) >= 11 is 0. The molecule has 1 amide bonds. The van der Waals surface area contributed by atoms with E-state index < -0.39 is 0 Å². The number of aromatic amines is 1. The van der Waals surface area contributed by atoms with Crippen molar-refractivity contribution in [1.82, 2.24) is 15.3 Å². The summed E-state index contributed by atoms with van der Waals surface area (Å²) in [5.74, 6) is 0.0339. The Balaban J connectivity index is 1.64. The first-order valence-electron chi connectivity index (χ1n) is 8.81. The van der Waals surface area contributed by atoms with E-state index in [0.29, 0.717) is 24.3 Å². The number of amides is 1. The van der Waals surface area contributed by atoms with Gasteiger partial charge in [-0.15, -0.1) is 0 Å². The zero-order chi connectivity index (χ0) is 19.6. The van der Waals surface area contributed by atoms with Crippen LogP contribution < -0.4 is 11.1 Å². The molecule has 1 aromatic carbocycles. The van der Waals surface area contributed by atoms with Crippen LogP contribution in [0.15, 0.2) is 30.5 Å². The van der Waals surface area contributed by atoms with Crippen molar-refractivity contribution in [1.29, 1.82) is 0 Å². The van der Waals surface area contributed by atoms with Crippen molar-refractivity contribution in [2.24, 2.45) is 0 Å². The minimum absolute atomic E-state index is 0.190. The number of fused-ring (bicyclic) bond motifs is 1. The van der Waals surface area contributed by atoms with Crippen LogP contribution in [0.2, 0.25) is 0 Å². The third-order valence-electron chi connectivity index (χ3n) is 4.67. The molecule has 6 heteroatoms. The Morgan fingerprint density at radius 1 is 1.30 bits per heavy atom. The Labute approximate surface area is 157 Å². The van der Waals surface area contributed by atoms with Crippen molar-refractivity contribution in [3.05, 3.63) is 64.2 Å². The summed E-state index contributed by atoms with van der Waals surface area (Å²) < 4.78 is 14.0. The van der Waals surface area contributed by atoms with Gasteiger partial charge in [0.1, 0.15) is 11.6 Å². The number of aryl methyl sites for hydroxylation is 3. The summed E-state index contributed by atoms with van der Waals surface area (Å²) in [6, 6.07) is 5.12. The second kappa shape index (κ2) is 7.61. The van der Waals surface area contributed by atoms with Crippen molar-refractivity contribution >= 4 is 28.7 Å². The molecule has 0 saturated heterocycles. The SMILES string of the molecule is Cc1cc(/C=C/C(=O)NCCc2c(C)[nH]c3c(F)ccc(C)c23)cnc1N. The Morgan fingerprint density at radius 2 is 2.07 bits per heavy atom. The van der Waals surface area contributed by atoms with Gasteiger partial charge in [0.15, 0.2) is 0 Å². The minimum atomic E-state index is -0.260. The first-order valence-corrected chi connectivity index (χ1v) is 8.81. The number of hydrogen-bond acceptors (Lipinski definition) is 3. The topological polar surface area (TPSA) is 83.8 Å². The number of hydrogen-bond donors (Lipinski definition) is 3. The summed E-state index contributed by atoms with van der Waals surface area (Å²) in [5, 5.41) is 3.77. The van der Waals surface area contributed by atoms with E-state index in [1.54, 1.807) is 18.3 Å². The molecule has 0 atom stereocenters. The van der Waals surface area contributed by atoms with E-state index in [1.807, 2.05) is 26.8 Å². The summed E-state index contributed by atoms with van der Waals surface area (Å²) in [6.45, 7) is 6.22. The number of pyridine rings is 1. The van der Waals surface area contributed by atoms with Gasteiger partial charge in [-0.3, -0.25) is 4.79 Å². The van der Waals surface area contributed by atoms with Crippen LogP contribution in [0.5, 0.6) is 0 Å². The molecule has 3 rings (SSSR count). The summed E-state index contributed by atoms with van der Waals surface area (Å²) in [4.78, 5) is 19.2. The number of carbonyl (C=O) groups is 1. The number of aromatic nitrogens is 2. The smallest absolute Gasteiger partial charge is 0.244 e. The maximum atomic E-state index is 14.0. The molecule has 0 fully saturated rings. The van der Waals surface area contributed by atoms with Gasteiger partial charge in [0.05, 0.1) is 5.52 Å². The number of nitrogens with two attached hydrogens (primary N) is 1. The van der Waals surface area contributed by atoms with Crippen LogP contribution >= 0.6 is 0 Å². The van der Waals surface area contributed by atoms with Crippen molar-refractivity contribution in [2.45, 2.75) is 27.2 Å². The fraction of sp³-hybridized carbons (Fsp3) is 0.238. The van der Waals surface area contributed by atoms with Gasteiger partial charge in [-0.2, -0.15) is 0 Å². The Bertz CT molecular complexity index is 1040. The van der Waals surface area contributed by atoms with Gasteiger partial charge in [0.25, 0.3) is 0 Å². The van der Waals surface area contributed by atoms with Crippen LogP contribution in [0.4, 0.5) is 10.2 Å². The number of nitrogen functional groups attached to an aromatic ring is 1. The van der Waals surface area contributed by atoms with E-state index in [-0.39, 0.29) is 11.7 Å². The Kier molecular flexibility index (Phi) is 5.26. The van der Waals surface area contributed by atoms with E-state index >= 15 is 0 Å². The predicted molar refractivity (Wildman–Crippen MR) is 107 cm³/mol. The van der Waals surface area contributed by atoms with E-state index in [2.05, 4.69) is 15.3 Å². The molecule has 0 aliphatic heterocycles. The minimum Gasteiger partial charge on any atom is -0.383 e. The lowest BCUT2D eigenvalue weighted by molar-refractivity contribution is -0.116. The average Bonchev–Trinajstić information content (AvgIpc) is 2.97. The van der Waals surface area contributed by atoms with Crippen molar-refractivity contribution in [3.8, 4) is 0 Å². The molecule has 2 aromatic heterocycles. The number of H-pyrrole nitrogens is 1. The number of nitrogens with zero attached hydrogens (tertiary/aromatic N) is 1. The van der Waals surface area contributed by atoms with E-state index in [0.717, 1.165) is 33.3 Å². The van der Waals surface area contributed by atoms with Crippen LogP contribution in [0.3, 0.4) is 0 Å². The van der Waals surface area contributed by atoms with Crippen molar-refractivity contribution in [2.75, 3.05) is 12.3 Å². The quantitative estimate of drug-likeness (QED) is 0.604. The molecule has 2 heterocycles. The summed E-state index contributed by atoms with van der Waals surface area (Å²) in [5.41, 5.74) is 10.9. The highest BCUT2D eigenvalue weighted by atomic mass is 19.1. The zero-order valence-electron chi connectivity index (χ0n) is 15.7. The monoisotopic (exact) mass is 366 g/mol. The summed E-state index contributed by atoms with van der Waals surface area (Å²) in [7, 11) is 0. The molecule has 0 aliphatic rings. The average molecular weight is 366 g/mol. The van der Waals surface area contributed by atoms with Gasteiger partial charge >= 0.3 is 0 Å². The number of nitrogens with one attached hydrogen (secondary N) is 2. The third-order valence-corrected chi connectivity index (χ3v) is 4.67. The van der Waals surface area contributed by atoms with Crippen molar-refractivity contribution < 1.29 is 9.18 Å². The largest absolute Gasteiger partial charge is 0.383 e. The molecule has 5 nitrogen and oxygen atoms in total. The molecular weight excluding hydrogens is 343 g/mol. The van der Waals surface area contributed by atoms with Crippen LogP contribution in [-0.4, -0.2) is 22.4 Å². The maximum absolute atomic E-state index is 14.0. The maximum Gasteiger partial charge on any atom is 0.244 e. The highest BCUT2D eigenvalue weighted by Crippen LogP contribution is 2.27.